The van der Waals surface area contributed by atoms with Gasteiger partial charge in [-0.3, -0.25) is 5.43 Å². The summed E-state index contributed by atoms with van der Waals surface area (Å²) in [5, 5.41) is 5.13. The van der Waals surface area contributed by atoms with E-state index in [0.29, 0.717) is 6.61 Å². The minimum absolute atomic E-state index is 0.602. The molecule has 2 aromatic heterocycles. The molecule has 2 heterocycles. The van der Waals surface area contributed by atoms with Crippen LogP contribution in [-0.4, -0.2) is 22.4 Å². The lowest BCUT2D eigenvalue weighted by atomic mass is 10.1. The molecule has 1 N–H and O–H groups in total. The molecule has 0 unspecified atom stereocenters. The predicted molar refractivity (Wildman–Crippen MR) is 117 cm³/mol. The third kappa shape index (κ3) is 4.23. The van der Waals surface area contributed by atoms with Gasteiger partial charge in [0.05, 0.1) is 28.7 Å². The average molecular weight is 391 g/mol. The summed E-state index contributed by atoms with van der Waals surface area (Å²) in [6, 6.07) is 18.3. The number of thiazole rings is 1. The zero-order chi connectivity index (χ0) is 19.3. The number of nitrogens with zero attached hydrogens (tertiary/aromatic N) is 3. The highest BCUT2D eigenvalue weighted by Crippen LogP contribution is 2.25. The predicted octanol–water partition coefficient (Wildman–Crippen LogP) is 5.24. The topological polar surface area (TPSA) is 51.4 Å². The molecular weight excluding hydrogens is 368 g/mol. The molecule has 0 fully saturated rings. The van der Waals surface area contributed by atoms with Gasteiger partial charge in [0.1, 0.15) is 12.4 Å². The van der Waals surface area contributed by atoms with E-state index in [2.05, 4.69) is 52.1 Å². The third-order valence-electron chi connectivity index (χ3n) is 4.44. The first kappa shape index (κ1) is 18.3. The van der Waals surface area contributed by atoms with Crippen LogP contribution in [0.15, 0.2) is 65.9 Å². The molecule has 4 aromatic rings. The highest BCUT2D eigenvalue weighted by atomic mass is 32.1. The van der Waals surface area contributed by atoms with Crippen LogP contribution >= 0.6 is 11.3 Å². The van der Waals surface area contributed by atoms with E-state index in [9.17, 15) is 0 Å². The summed E-state index contributed by atoms with van der Waals surface area (Å²) < 4.78 is 9.20. The summed E-state index contributed by atoms with van der Waals surface area (Å²) in [6.45, 7) is 5.52. The van der Waals surface area contributed by atoms with Crippen molar-refractivity contribution in [2.45, 2.75) is 20.4 Å². The fourth-order valence-electron chi connectivity index (χ4n) is 3.04. The zero-order valence-corrected chi connectivity index (χ0v) is 16.7. The summed E-state index contributed by atoms with van der Waals surface area (Å²) in [4.78, 5) is 4.52. The monoisotopic (exact) mass is 390 g/mol. The number of hydrogen-bond acceptors (Lipinski definition) is 5. The minimum atomic E-state index is 0.602. The highest BCUT2D eigenvalue weighted by molar-refractivity contribution is 7.22. The number of nitrogens with one attached hydrogen (secondary N) is 1. The highest BCUT2D eigenvalue weighted by Gasteiger charge is 2.03. The van der Waals surface area contributed by atoms with Crippen LogP contribution in [-0.2, 0) is 6.54 Å². The third-order valence-corrected chi connectivity index (χ3v) is 5.38. The Morgan fingerprint density at radius 2 is 2.04 bits per heavy atom. The number of ether oxygens (including phenoxy) is 1. The first-order chi connectivity index (χ1) is 13.7. The van der Waals surface area contributed by atoms with Gasteiger partial charge < -0.3 is 9.30 Å². The summed E-state index contributed by atoms with van der Waals surface area (Å²) in [7, 11) is 0. The normalized spacial score (nSPS) is 11.4. The first-order valence-corrected chi connectivity index (χ1v) is 10.0. The van der Waals surface area contributed by atoms with Crippen molar-refractivity contribution in [3.05, 3.63) is 77.6 Å². The van der Waals surface area contributed by atoms with Crippen LogP contribution in [0, 0.1) is 13.8 Å². The number of rotatable bonds is 7. The Balaban J connectivity index is 1.35. The number of hydrogen-bond donors (Lipinski definition) is 1. The number of aromatic nitrogens is 2. The van der Waals surface area contributed by atoms with Crippen LogP contribution in [0.25, 0.3) is 10.2 Å². The Hall–Kier alpha value is -3.12. The Kier molecular flexibility index (Phi) is 5.39. The van der Waals surface area contributed by atoms with Crippen molar-refractivity contribution in [3.8, 4) is 5.75 Å². The smallest absolute Gasteiger partial charge is 0.204 e. The summed E-state index contributed by atoms with van der Waals surface area (Å²) in [5.41, 5.74) is 7.43. The van der Waals surface area contributed by atoms with Gasteiger partial charge >= 0.3 is 0 Å². The van der Waals surface area contributed by atoms with Gasteiger partial charge in [0.2, 0.25) is 5.13 Å². The van der Waals surface area contributed by atoms with E-state index in [4.69, 9.17) is 4.74 Å². The van der Waals surface area contributed by atoms with Gasteiger partial charge in [0, 0.05) is 6.20 Å². The van der Waals surface area contributed by atoms with E-state index in [1.807, 2.05) is 48.8 Å². The van der Waals surface area contributed by atoms with Crippen molar-refractivity contribution in [1.29, 1.82) is 0 Å². The number of anilines is 1. The standard InChI is InChI=1S/C22H22N4OS/c1-16-9-10-20(17(2)14-16)27-13-12-26-11-5-6-18(26)15-23-25-22-24-19-7-3-4-8-21(19)28-22/h3-11,14-15H,12-13H2,1-2H3,(H,24,25)/b23-15+. The summed E-state index contributed by atoms with van der Waals surface area (Å²) in [6.07, 6.45) is 3.84. The Bertz CT molecular complexity index is 1080. The van der Waals surface area contributed by atoms with Gasteiger partial charge in [0.15, 0.2) is 0 Å². The van der Waals surface area contributed by atoms with E-state index in [-0.39, 0.29) is 0 Å². The van der Waals surface area contributed by atoms with E-state index in [1.165, 1.54) is 5.56 Å². The Morgan fingerprint density at radius 1 is 1.14 bits per heavy atom. The van der Waals surface area contributed by atoms with Gasteiger partial charge in [0.25, 0.3) is 0 Å². The van der Waals surface area contributed by atoms with Crippen LogP contribution < -0.4 is 10.2 Å². The molecule has 0 radical (unpaired) electrons. The number of benzene rings is 2. The molecule has 0 atom stereocenters. The first-order valence-electron chi connectivity index (χ1n) is 9.19. The van der Waals surface area contributed by atoms with Crippen molar-refractivity contribution in [2.24, 2.45) is 5.10 Å². The molecule has 4 rings (SSSR count). The van der Waals surface area contributed by atoms with Gasteiger partial charge in [-0.1, -0.05) is 41.2 Å². The van der Waals surface area contributed by atoms with E-state index in [1.54, 1.807) is 11.3 Å². The second-order valence-electron chi connectivity index (χ2n) is 6.60. The van der Waals surface area contributed by atoms with Crippen molar-refractivity contribution < 1.29 is 4.74 Å². The van der Waals surface area contributed by atoms with E-state index in [0.717, 1.165) is 38.9 Å². The van der Waals surface area contributed by atoms with Crippen molar-refractivity contribution in [2.75, 3.05) is 12.0 Å². The van der Waals surface area contributed by atoms with E-state index >= 15 is 0 Å². The van der Waals surface area contributed by atoms with Gasteiger partial charge in [-0.05, 0) is 49.7 Å². The van der Waals surface area contributed by atoms with Crippen LogP contribution in [0.1, 0.15) is 16.8 Å². The van der Waals surface area contributed by atoms with Crippen LogP contribution in [0.4, 0.5) is 5.13 Å². The maximum atomic E-state index is 5.94. The van der Waals surface area contributed by atoms with Crippen LogP contribution in [0.5, 0.6) is 5.75 Å². The Labute approximate surface area is 168 Å². The summed E-state index contributed by atoms with van der Waals surface area (Å²) in [5.74, 6) is 0.936. The van der Waals surface area contributed by atoms with Crippen molar-refractivity contribution in [1.82, 2.24) is 9.55 Å². The second kappa shape index (κ2) is 8.27. The number of aryl methyl sites for hydroxylation is 2. The number of para-hydroxylation sites is 1. The van der Waals surface area contributed by atoms with Crippen LogP contribution in [0.2, 0.25) is 0 Å². The SMILES string of the molecule is Cc1ccc(OCCn2cccc2/C=N/Nc2nc3ccccc3s2)c(C)c1. The lowest BCUT2D eigenvalue weighted by Crippen LogP contribution is -2.10. The lowest BCUT2D eigenvalue weighted by Gasteiger charge is -2.11. The molecule has 0 saturated heterocycles. The number of fused-ring (bicyclic) bond motifs is 1. The largest absolute Gasteiger partial charge is 0.491 e. The molecule has 0 bridgehead atoms. The van der Waals surface area contributed by atoms with Gasteiger partial charge in [-0.25, -0.2) is 4.98 Å². The molecule has 0 aliphatic rings. The molecule has 0 saturated carbocycles. The quantitative estimate of drug-likeness (QED) is 0.347. The molecule has 0 amide bonds. The maximum Gasteiger partial charge on any atom is 0.204 e. The number of hydrazone groups is 1. The van der Waals surface area contributed by atoms with Gasteiger partial charge in [-0.2, -0.15) is 5.10 Å². The molecule has 28 heavy (non-hydrogen) atoms. The van der Waals surface area contributed by atoms with Crippen molar-refractivity contribution in [3.63, 3.8) is 0 Å². The molecular formula is C22H22N4OS. The average Bonchev–Trinajstić information content (AvgIpc) is 3.30. The summed E-state index contributed by atoms with van der Waals surface area (Å²) >= 11 is 1.59. The Morgan fingerprint density at radius 3 is 2.89 bits per heavy atom. The van der Waals surface area contributed by atoms with Crippen LogP contribution in [0.3, 0.4) is 0 Å². The molecule has 0 spiro atoms. The van der Waals surface area contributed by atoms with E-state index < -0.39 is 0 Å². The molecule has 2 aromatic carbocycles. The zero-order valence-electron chi connectivity index (χ0n) is 15.9. The van der Waals surface area contributed by atoms with Crippen molar-refractivity contribution >= 4 is 32.9 Å². The molecule has 142 valence electrons. The molecule has 5 nitrogen and oxygen atoms in total. The minimum Gasteiger partial charge on any atom is -0.491 e. The lowest BCUT2D eigenvalue weighted by molar-refractivity contribution is 0.296. The molecule has 6 heteroatoms. The van der Waals surface area contributed by atoms with Gasteiger partial charge in [-0.15, -0.1) is 0 Å². The molecule has 0 aliphatic heterocycles. The second-order valence-corrected chi connectivity index (χ2v) is 7.63. The fourth-order valence-corrected chi connectivity index (χ4v) is 3.85. The molecule has 0 aliphatic carbocycles. The maximum absolute atomic E-state index is 5.94. The fraction of sp³-hybridized carbons (Fsp3) is 0.182.